The normalized spacial score (nSPS) is 20.3. The topological polar surface area (TPSA) is 57.4 Å². The zero-order valence-electron chi connectivity index (χ0n) is 11.9. The van der Waals surface area contributed by atoms with Crippen LogP contribution in [0.25, 0.3) is 0 Å². The Hall–Kier alpha value is -1.51. The number of nitrogens with zero attached hydrogens (tertiary/aromatic N) is 1. The van der Waals surface area contributed by atoms with Crippen molar-refractivity contribution in [2.24, 2.45) is 0 Å². The van der Waals surface area contributed by atoms with Crippen molar-refractivity contribution in [2.75, 3.05) is 5.73 Å². The first-order valence-corrected chi connectivity index (χ1v) is 6.30. The molecular formula is C14H19BN2O2. The molecule has 0 radical (unpaired) electrons. The van der Waals surface area contributed by atoms with Crippen LogP contribution in [0.1, 0.15) is 33.3 Å². The lowest BCUT2D eigenvalue weighted by atomic mass is 9.79. The van der Waals surface area contributed by atoms with Gasteiger partial charge < -0.3 is 15.0 Å². The fourth-order valence-electron chi connectivity index (χ4n) is 1.90. The summed E-state index contributed by atoms with van der Waals surface area (Å²) in [5, 5.41) is 0. The highest BCUT2D eigenvalue weighted by Gasteiger charge is 2.51. The first kappa shape index (κ1) is 13.9. The van der Waals surface area contributed by atoms with E-state index in [1.54, 1.807) is 6.20 Å². The van der Waals surface area contributed by atoms with Crippen molar-refractivity contribution in [1.82, 2.24) is 4.98 Å². The van der Waals surface area contributed by atoms with Gasteiger partial charge in [0.25, 0.3) is 0 Å². The molecule has 19 heavy (non-hydrogen) atoms. The van der Waals surface area contributed by atoms with Gasteiger partial charge in [-0.3, -0.25) is 0 Å². The number of nitrogen functional groups attached to an aromatic ring is 1. The SMILES string of the molecule is C#CCc1cc(B2OC(C)(C)C(C)(C)O2)cnc1N. The molecule has 1 aliphatic rings. The highest BCUT2D eigenvalue weighted by molar-refractivity contribution is 6.62. The second-order valence-corrected chi connectivity index (χ2v) is 5.78. The van der Waals surface area contributed by atoms with Crippen LogP contribution in [0.2, 0.25) is 0 Å². The number of hydrogen-bond donors (Lipinski definition) is 1. The van der Waals surface area contributed by atoms with Gasteiger partial charge in [-0.1, -0.05) is 6.07 Å². The molecule has 1 saturated heterocycles. The van der Waals surface area contributed by atoms with Gasteiger partial charge in [0, 0.05) is 23.6 Å². The molecule has 1 aliphatic heterocycles. The summed E-state index contributed by atoms with van der Waals surface area (Å²) in [6, 6.07) is 1.91. The molecule has 1 aromatic rings. The maximum Gasteiger partial charge on any atom is 0.496 e. The summed E-state index contributed by atoms with van der Waals surface area (Å²) in [7, 11) is -0.436. The summed E-state index contributed by atoms with van der Waals surface area (Å²) < 4.78 is 11.9. The minimum Gasteiger partial charge on any atom is -0.399 e. The first-order chi connectivity index (χ1) is 8.77. The Balaban J connectivity index is 2.30. The fourth-order valence-corrected chi connectivity index (χ4v) is 1.90. The molecule has 100 valence electrons. The lowest BCUT2D eigenvalue weighted by Crippen LogP contribution is -2.41. The van der Waals surface area contributed by atoms with Crippen LogP contribution in [0, 0.1) is 12.3 Å². The van der Waals surface area contributed by atoms with Crippen molar-refractivity contribution in [3.8, 4) is 12.3 Å². The van der Waals surface area contributed by atoms with Crippen LogP contribution in [0.4, 0.5) is 5.82 Å². The van der Waals surface area contributed by atoms with Gasteiger partial charge in [0.05, 0.1) is 11.2 Å². The molecule has 2 heterocycles. The van der Waals surface area contributed by atoms with Gasteiger partial charge in [0.2, 0.25) is 0 Å². The number of nitrogens with two attached hydrogens (primary N) is 1. The molecule has 0 atom stereocenters. The molecular weight excluding hydrogens is 239 g/mol. The summed E-state index contributed by atoms with van der Waals surface area (Å²) in [5.41, 5.74) is 6.73. The molecule has 0 saturated carbocycles. The van der Waals surface area contributed by atoms with Crippen LogP contribution in [-0.2, 0) is 15.7 Å². The molecule has 0 bridgehead atoms. The molecule has 0 unspecified atom stereocenters. The van der Waals surface area contributed by atoms with E-state index < -0.39 is 7.12 Å². The average molecular weight is 258 g/mol. The van der Waals surface area contributed by atoms with Crippen LogP contribution < -0.4 is 11.2 Å². The van der Waals surface area contributed by atoms with Crippen LogP contribution in [0.15, 0.2) is 12.3 Å². The predicted octanol–water partition coefficient (Wildman–Crippen LogP) is 1.14. The lowest BCUT2D eigenvalue weighted by molar-refractivity contribution is 0.00578. The molecule has 0 amide bonds. The van der Waals surface area contributed by atoms with Crippen LogP contribution >= 0.6 is 0 Å². The van der Waals surface area contributed by atoms with Crippen LogP contribution in [0.5, 0.6) is 0 Å². The lowest BCUT2D eigenvalue weighted by Gasteiger charge is -2.32. The monoisotopic (exact) mass is 258 g/mol. The zero-order chi connectivity index (χ0) is 14.3. The third kappa shape index (κ3) is 2.47. The summed E-state index contributed by atoms with van der Waals surface area (Å²) in [5.74, 6) is 3.03. The molecule has 0 spiro atoms. The number of terminal acetylenes is 1. The van der Waals surface area contributed by atoms with Gasteiger partial charge in [-0.25, -0.2) is 4.98 Å². The highest BCUT2D eigenvalue weighted by Crippen LogP contribution is 2.36. The van der Waals surface area contributed by atoms with Crippen LogP contribution in [-0.4, -0.2) is 23.3 Å². The standard InChI is InChI=1S/C14H19BN2O2/c1-6-7-10-8-11(9-17-12(10)16)15-18-13(2,3)14(4,5)19-15/h1,8-9H,7H2,2-5H3,(H2,16,17). The van der Waals surface area contributed by atoms with Crippen molar-refractivity contribution in [3.05, 3.63) is 17.8 Å². The van der Waals surface area contributed by atoms with Gasteiger partial charge in [0.1, 0.15) is 5.82 Å². The second kappa shape index (κ2) is 4.55. The summed E-state index contributed by atoms with van der Waals surface area (Å²) in [6.07, 6.45) is 7.45. The molecule has 0 aliphatic carbocycles. The zero-order valence-corrected chi connectivity index (χ0v) is 11.9. The van der Waals surface area contributed by atoms with Crippen molar-refractivity contribution in [2.45, 2.75) is 45.3 Å². The van der Waals surface area contributed by atoms with Gasteiger partial charge in [0.15, 0.2) is 0 Å². The summed E-state index contributed by atoms with van der Waals surface area (Å²) >= 11 is 0. The highest BCUT2D eigenvalue weighted by atomic mass is 16.7. The fraction of sp³-hybridized carbons (Fsp3) is 0.500. The Bertz CT molecular complexity index is 519. The van der Waals surface area contributed by atoms with E-state index in [4.69, 9.17) is 21.5 Å². The van der Waals surface area contributed by atoms with Gasteiger partial charge in [-0.05, 0) is 27.7 Å². The number of anilines is 1. The smallest absolute Gasteiger partial charge is 0.399 e. The number of pyridine rings is 1. The van der Waals surface area contributed by atoms with Crippen LogP contribution in [0.3, 0.4) is 0 Å². The largest absolute Gasteiger partial charge is 0.496 e. The Labute approximate surface area is 114 Å². The first-order valence-electron chi connectivity index (χ1n) is 6.30. The molecule has 5 heteroatoms. The number of aromatic nitrogens is 1. The maximum atomic E-state index is 5.97. The average Bonchev–Trinajstić information content (AvgIpc) is 2.51. The van der Waals surface area contributed by atoms with E-state index >= 15 is 0 Å². The summed E-state index contributed by atoms with van der Waals surface area (Å²) in [6.45, 7) is 8.06. The van der Waals surface area contributed by atoms with E-state index in [9.17, 15) is 0 Å². The summed E-state index contributed by atoms with van der Waals surface area (Å²) in [4.78, 5) is 4.16. The third-order valence-electron chi connectivity index (χ3n) is 3.84. The Morgan fingerprint density at radius 2 is 1.89 bits per heavy atom. The molecule has 4 nitrogen and oxygen atoms in total. The molecule has 0 aromatic carbocycles. The van der Waals surface area contributed by atoms with E-state index in [1.807, 2.05) is 33.8 Å². The Morgan fingerprint density at radius 3 is 2.42 bits per heavy atom. The van der Waals surface area contributed by atoms with Crippen molar-refractivity contribution >= 4 is 18.4 Å². The molecule has 2 N–H and O–H groups in total. The minimum absolute atomic E-state index is 0.370. The predicted molar refractivity (Wildman–Crippen MR) is 76.9 cm³/mol. The Kier molecular flexibility index (Phi) is 3.33. The minimum atomic E-state index is -0.436. The van der Waals surface area contributed by atoms with Crippen molar-refractivity contribution < 1.29 is 9.31 Å². The van der Waals surface area contributed by atoms with E-state index in [0.29, 0.717) is 12.2 Å². The van der Waals surface area contributed by atoms with Crippen molar-refractivity contribution in [3.63, 3.8) is 0 Å². The second-order valence-electron chi connectivity index (χ2n) is 5.78. The van der Waals surface area contributed by atoms with Gasteiger partial charge in [-0.15, -0.1) is 12.3 Å². The van der Waals surface area contributed by atoms with E-state index in [1.165, 1.54) is 0 Å². The number of rotatable bonds is 2. The Morgan fingerprint density at radius 1 is 1.32 bits per heavy atom. The van der Waals surface area contributed by atoms with Gasteiger partial charge >= 0.3 is 7.12 Å². The van der Waals surface area contributed by atoms with E-state index in [0.717, 1.165) is 11.0 Å². The quantitative estimate of drug-likeness (QED) is 0.638. The van der Waals surface area contributed by atoms with Gasteiger partial charge in [-0.2, -0.15) is 0 Å². The molecule has 1 aromatic heterocycles. The molecule has 1 fully saturated rings. The number of hydrogen-bond acceptors (Lipinski definition) is 4. The van der Waals surface area contributed by atoms with Crippen molar-refractivity contribution in [1.29, 1.82) is 0 Å². The van der Waals surface area contributed by atoms with E-state index in [2.05, 4.69) is 10.9 Å². The maximum absolute atomic E-state index is 5.97. The molecule has 2 rings (SSSR count). The third-order valence-corrected chi connectivity index (χ3v) is 3.84. The van der Waals surface area contributed by atoms with E-state index in [-0.39, 0.29) is 11.2 Å².